The van der Waals surface area contributed by atoms with Crippen LogP contribution in [0.15, 0.2) is 36.5 Å². The van der Waals surface area contributed by atoms with Crippen molar-refractivity contribution in [1.82, 2.24) is 20.3 Å². The number of hydrogen-bond donors (Lipinski definition) is 2. The minimum absolute atomic E-state index is 0.0843. The van der Waals surface area contributed by atoms with E-state index in [1.54, 1.807) is 4.68 Å². The molecule has 0 radical (unpaired) electrons. The van der Waals surface area contributed by atoms with Gasteiger partial charge in [-0.05, 0) is 31.9 Å². The van der Waals surface area contributed by atoms with E-state index in [1.165, 1.54) is 0 Å². The second kappa shape index (κ2) is 6.50. The standard InChI is InChI=1S/C17H23N5O/c1-13(19-16(23)17(18)10-6-3-7-11-17)15-12-22(21-20-15)14-8-4-2-5-9-14/h2,4-5,8-9,12-13H,3,6-7,10-11,18H2,1H3,(H,19,23). The largest absolute Gasteiger partial charge is 0.346 e. The van der Waals surface area contributed by atoms with E-state index in [0.29, 0.717) is 0 Å². The van der Waals surface area contributed by atoms with Gasteiger partial charge in [-0.1, -0.05) is 42.7 Å². The Morgan fingerprint density at radius 1 is 1.26 bits per heavy atom. The van der Waals surface area contributed by atoms with Gasteiger partial charge in [0, 0.05) is 0 Å². The third-order valence-electron chi connectivity index (χ3n) is 4.52. The van der Waals surface area contributed by atoms with Crippen LogP contribution in [0.3, 0.4) is 0 Å². The van der Waals surface area contributed by atoms with Gasteiger partial charge in [0.25, 0.3) is 0 Å². The number of nitrogens with zero attached hydrogens (tertiary/aromatic N) is 3. The average molecular weight is 313 g/mol. The van der Waals surface area contributed by atoms with Gasteiger partial charge < -0.3 is 11.1 Å². The summed E-state index contributed by atoms with van der Waals surface area (Å²) in [6.07, 6.45) is 6.53. The number of amides is 1. The van der Waals surface area contributed by atoms with Crippen LogP contribution in [0.25, 0.3) is 5.69 Å². The third-order valence-corrected chi connectivity index (χ3v) is 4.52. The van der Waals surface area contributed by atoms with Gasteiger partial charge in [-0.15, -0.1) is 5.10 Å². The zero-order valence-electron chi connectivity index (χ0n) is 13.4. The Morgan fingerprint density at radius 2 is 1.96 bits per heavy atom. The zero-order chi connectivity index (χ0) is 16.3. The fraction of sp³-hybridized carbons (Fsp3) is 0.471. The number of nitrogens with two attached hydrogens (primary N) is 1. The van der Waals surface area contributed by atoms with Gasteiger partial charge in [-0.3, -0.25) is 4.79 Å². The average Bonchev–Trinajstić information content (AvgIpc) is 3.06. The van der Waals surface area contributed by atoms with Gasteiger partial charge in [0.15, 0.2) is 0 Å². The summed E-state index contributed by atoms with van der Waals surface area (Å²) in [5, 5.41) is 11.3. The van der Waals surface area contributed by atoms with E-state index in [0.717, 1.165) is 43.5 Å². The molecule has 6 heteroatoms. The number of carbonyl (C=O) groups is 1. The van der Waals surface area contributed by atoms with Gasteiger partial charge in [-0.2, -0.15) is 0 Å². The van der Waals surface area contributed by atoms with E-state index >= 15 is 0 Å². The Labute approximate surface area is 136 Å². The van der Waals surface area contributed by atoms with E-state index in [1.807, 2.05) is 43.5 Å². The van der Waals surface area contributed by atoms with Crippen LogP contribution < -0.4 is 11.1 Å². The highest BCUT2D eigenvalue weighted by atomic mass is 16.2. The first-order valence-electron chi connectivity index (χ1n) is 8.16. The Hall–Kier alpha value is -2.21. The highest BCUT2D eigenvalue weighted by Gasteiger charge is 2.36. The highest BCUT2D eigenvalue weighted by Crippen LogP contribution is 2.26. The monoisotopic (exact) mass is 313 g/mol. The number of nitrogens with one attached hydrogen (secondary N) is 1. The number of hydrogen-bond acceptors (Lipinski definition) is 4. The second-order valence-electron chi connectivity index (χ2n) is 6.34. The maximum Gasteiger partial charge on any atom is 0.240 e. The summed E-state index contributed by atoms with van der Waals surface area (Å²) in [7, 11) is 0. The van der Waals surface area contributed by atoms with Crippen LogP contribution in [-0.4, -0.2) is 26.4 Å². The van der Waals surface area contributed by atoms with Crippen LogP contribution in [-0.2, 0) is 4.79 Å². The summed E-state index contributed by atoms with van der Waals surface area (Å²) in [6.45, 7) is 1.91. The molecule has 1 aliphatic carbocycles. The molecule has 1 heterocycles. The van der Waals surface area contributed by atoms with Gasteiger partial charge >= 0.3 is 0 Å². The lowest BCUT2D eigenvalue weighted by molar-refractivity contribution is -0.128. The normalized spacial score (nSPS) is 18.3. The number of benzene rings is 1. The number of carbonyl (C=O) groups excluding carboxylic acids is 1. The molecule has 3 rings (SSSR count). The molecule has 1 atom stereocenters. The molecule has 0 aliphatic heterocycles. The molecule has 23 heavy (non-hydrogen) atoms. The first kappa shape index (κ1) is 15.7. The molecular weight excluding hydrogens is 290 g/mol. The molecule has 1 unspecified atom stereocenters. The molecule has 1 amide bonds. The zero-order valence-corrected chi connectivity index (χ0v) is 13.4. The molecule has 0 saturated heterocycles. The summed E-state index contributed by atoms with van der Waals surface area (Å²) < 4.78 is 1.71. The number of rotatable bonds is 4. The van der Waals surface area contributed by atoms with E-state index in [-0.39, 0.29) is 11.9 Å². The van der Waals surface area contributed by atoms with Crippen molar-refractivity contribution >= 4 is 5.91 Å². The summed E-state index contributed by atoms with van der Waals surface area (Å²) in [4.78, 5) is 12.5. The van der Waals surface area contributed by atoms with Crippen molar-refractivity contribution in [3.63, 3.8) is 0 Å². The Balaban J connectivity index is 1.68. The quantitative estimate of drug-likeness (QED) is 0.905. The lowest BCUT2D eigenvalue weighted by Gasteiger charge is -2.32. The third kappa shape index (κ3) is 3.42. The second-order valence-corrected chi connectivity index (χ2v) is 6.34. The van der Waals surface area contributed by atoms with Crippen LogP contribution in [0.2, 0.25) is 0 Å². The molecule has 1 aromatic carbocycles. The summed E-state index contributed by atoms with van der Waals surface area (Å²) in [5.41, 5.74) is 7.20. The molecule has 1 fully saturated rings. The maximum absolute atomic E-state index is 12.5. The van der Waals surface area contributed by atoms with Gasteiger partial charge in [0.05, 0.1) is 23.5 Å². The summed E-state index contributed by atoms with van der Waals surface area (Å²) in [5.74, 6) is -0.0843. The smallest absolute Gasteiger partial charge is 0.240 e. The SMILES string of the molecule is CC(NC(=O)C1(N)CCCCC1)c1cn(-c2ccccc2)nn1. The van der Waals surface area contributed by atoms with Crippen LogP contribution in [0.4, 0.5) is 0 Å². The van der Waals surface area contributed by atoms with Crippen molar-refractivity contribution in [2.75, 3.05) is 0 Å². The maximum atomic E-state index is 12.5. The van der Waals surface area contributed by atoms with Gasteiger partial charge in [0.2, 0.25) is 5.91 Å². The van der Waals surface area contributed by atoms with Gasteiger partial charge in [-0.25, -0.2) is 4.68 Å². The first-order valence-corrected chi connectivity index (χ1v) is 8.16. The predicted molar refractivity (Wildman–Crippen MR) is 87.9 cm³/mol. The van der Waals surface area contributed by atoms with Crippen molar-refractivity contribution in [2.24, 2.45) is 5.73 Å². The van der Waals surface area contributed by atoms with Crippen molar-refractivity contribution in [1.29, 1.82) is 0 Å². The van der Waals surface area contributed by atoms with Crippen LogP contribution in [0.5, 0.6) is 0 Å². The number of para-hydroxylation sites is 1. The Kier molecular flexibility index (Phi) is 4.43. The molecule has 0 spiro atoms. The van der Waals surface area contributed by atoms with Crippen molar-refractivity contribution in [3.05, 3.63) is 42.2 Å². The molecule has 122 valence electrons. The molecule has 1 aromatic heterocycles. The predicted octanol–water partition coefficient (Wildman–Crippen LogP) is 2.11. The molecule has 6 nitrogen and oxygen atoms in total. The van der Waals surface area contributed by atoms with Crippen molar-refractivity contribution < 1.29 is 4.79 Å². The molecule has 3 N–H and O–H groups in total. The number of aromatic nitrogens is 3. The minimum atomic E-state index is -0.734. The van der Waals surface area contributed by atoms with Crippen LogP contribution in [0, 0.1) is 0 Å². The van der Waals surface area contributed by atoms with E-state index in [9.17, 15) is 4.79 Å². The van der Waals surface area contributed by atoms with E-state index in [2.05, 4.69) is 15.6 Å². The van der Waals surface area contributed by atoms with Crippen molar-refractivity contribution in [2.45, 2.75) is 50.6 Å². The lowest BCUT2D eigenvalue weighted by Crippen LogP contribution is -2.55. The van der Waals surface area contributed by atoms with Crippen molar-refractivity contribution in [3.8, 4) is 5.69 Å². The lowest BCUT2D eigenvalue weighted by atomic mass is 9.82. The molecular formula is C17H23N5O. The van der Waals surface area contributed by atoms with Gasteiger partial charge in [0.1, 0.15) is 5.69 Å². The topological polar surface area (TPSA) is 85.8 Å². The van der Waals surface area contributed by atoms with Crippen LogP contribution in [0.1, 0.15) is 50.8 Å². The molecule has 1 saturated carbocycles. The minimum Gasteiger partial charge on any atom is -0.346 e. The fourth-order valence-corrected chi connectivity index (χ4v) is 3.01. The Morgan fingerprint density at radius 3 is 2.65 bits per heavy atom. The summed E-state index contributed by atoms with van der Waals surface area (Å²) >= 11 is 0. The summed E-state index contributed by atoms with van der Waals surface area (Å²) in [6, 6.07) is 9.54. The Bertz CT molecular complexity index is 661. The fourth-order valence-electron chi connectivity index (χ4n) is 3.01. The van der Waals surface area contributed by atoms with E-state index < -0.39 is 5.54 Å². The molecule has 2 aromatic rings. The van der Waals surface area contributed by atoms with Crippen LogP contribution >= 0.6 is 0 Å². The highest BCUT2D eigenvalue weighted by molar-refractivity contribution is 5.86. The molecule has 1 aliphatic rings. The molecule has 0 bridgehead atoms. The first-order chi connectivity index (χ1) is 11.1. The van der Waals surface area contributed by atoms with E-state index in [4.69, 9.17) is 5.73 Å².